The van der Waals surface area contributed by atoms with Gasteiger partial charge in [0.2, 0.25) is 0 Å². The van der Waals surface area contributed by atoms with Gasteiger partial charge in [-0.05, 0) is 12.1 Å². The second kappa shape index (κ2) is 3.99. The Morgan fingerprint density at radius 3 is 2.62 bits per heavy atom. The van der Waals surface area contributed by atoms with Gasteiger partial charge in [-0.15, -0.1) is 0 Å². The highest BCUT2D eigenvalue weighted by atomic mass is 19.3. The lowest BCUT2D eigenvalue weighted by Crippen LogP contribution is -2.12. The third-order valence-corrected chi connectivity index (χ3v) is 1.34. The summed E-state index contributed by atoms with van der Waals surface area (Å²) in [5, 5.41) is 0. The Morgan fingerprint density at radius 1 is 1.38 bits per heavy atom. The number of para-hydroxylation sites is 1. The van der Waals surface area contributed by atoms with Gasteiger partial charge >= 0.3 is 6.61 Å². The van der Waals surface area contributed by atoms with Gasteiger partial charge in [0.15, 0.2) is 11.6 Å². The van der Waals surface area contributed by atoms with Gasteiger partial charge in [0.1, 0.15) is 5.69 Å². The van der Waals surface area contributed by atoms with E-state index in [1.165, 1.54) is 12.1 Å². The number of nitrogens with one attached hydrogen (secondary N) is 1. The van der Waals surface area contributed by atoms with Crippen LogP contribution in [0.15, 0.2) is 18.2 Å². The predicted octanol–water partition coefficient (Wildman–Crippen LogP) is 1.71. The number of hydrogen-bond donors (Lipinski definition) is 2. The molecular formula is C7H7F3N2O. The topological polar surface area (TPSA) is 47.3 Å². The third-order valence-electron chi connectivity index (χ3n) is 1.34. The fraction of sp³-hybridized carbons (Fsp3) is 0.143. The monoisotopic (exact) mass is 192 g/mol. The highest BCUT2D eigenvalue weighted by Crippen LogP contribution is 2.27. The van der Waals surface area contributed by atoms with E-state index in [4.69, 9.17) is 5.84 Å². The van der Waals surface area contributed by atoms with E-state index in [2.05, 4.69) is 4.74 Å². The van der Waals surface area contributed by atoms with Crippen LogP contribution >= 0.6 is 0 Å². The van der Waals surface area contributed by atoms with E-state index in [1.807, 2.05) is 5.43 Å². The van der Waals surface area contributed by atoms with Crippen LogP contribution < -0.4 is 16.0 Å². The molecule has 0 aliphatic rings. The minimum absolute atomic E-state index is 0.289. The maximum atomic E-state index is 12.8. The first kappa shape index (κ1) is 9.66. The standard InChI is InChI=1S/C7H7F3N2O/c8-4-2-1-3-5(6(4)12-11)13-7(9)10/h1-3,7,12H,11H2. The highest BCUT2D eigenvalue weighted by Gasteiger charge is 2.11. The average molecular weight is 192 g/mol. The van der Waals surface area contributed by atoms with Crippen molar-refractivity contribution < 1.29 is 17.9 Å². The molecule has 0 aliphatic heterocycles. The second-order valence-corrected chi connectivity index (χ2v) is 2.14. The lowest BCUT2D eigenvalue weighted by atomic mass is 10.3. The molecule has 0 aliphatic carbocycles. The van der Waals surface area contributed by atoms with E-state index in [9.17, 15) is 13.2 Å². The molecule has 1 rings (SSSR count). The van der Waals surface area contributed by atoms with Crippen LogP contribution in [0, 0.1) is 5.82 Å². The van der Waals surface area contributed by atoms with Gasteiger partial charge < -0.3 is 10.2 Å². The highest BCUT2D eigenvalue weighted by molar-refractivity contribution is 5.56. The molecule has 0 bridgehead atoms. The van der Waals surface area contributed by atoms with Crippen LogP contribution in [-0.2, 0) is 0 Å². The second-order valence-electron chi connectivity index (χ2n) is 2.14. The van der Waals surface area contributed by atoms with Gasteiger partial charge in [-0.1, -0.05) is 6.07 Å². The Hall–Kier alpha value is -1.43. The number of anilines is 1. The number of hydrogen-bond acceptors (Lipinski definition) is 3. The molecule has 0 spiro atoms. The van der Waals surface area contributed by atoms with E-state index < -0.39 is 12.4 Å². The summed E-state index contributed by atoms with van der Waals surface area (Å²) in [6.45, 7) is -3.01. The summed E-state index contributed by atoms with van der Waals surface area (Å²) in [6.07, 6.45) is 0. The maximum Gasteiger partial charge on any atom is 0.387 e. The first-order valence-electron chi connectivity index (χ1n) is 3.35. The number of alkyl halides is 2. The van der Waals surface area contributed by atoms with Crippen molar-refractivity contribution in [1.82, 2.24) is 0 Å². The molecule has 0 unspecified atom stereocenters. The fourth-order valence-corrected chi connectivity index (χ4v) is 0.839. The molecule has 0 fully saturated rings. The lowest BCUT2D eigenvalue weighted by molar-refractivity contribution is -0.0494. The Balaban J connectivity index is 2.98. The number of rotatable bonds is 3. The van der Waals surface area contributed by atoms with Crippen molar-refractivity contribution in [2.45, 2.75) is 6.61 Å². The van der Waals surface area contributed by atoms with Crippen molar-refractivity contribution in [2.75, 3.05) is 5.43 Å². The fourth-order valence-electron chi connectivity index (χ4n) is 0.839. The molecule has 1 aromatic carbocycles. The Bertz CT molecular complexity index is 293. The number of nitrogens with two attached hydrogens (primary N) is 1. The van der Waals surface area contributed by atoms with Crippen molar-refractivity contribution in [3.63, 3.8) is 0 Å². The van der Waals surface area contributed by atoms with Crippen LogP contribution in [0.2, 0.25) is 0 Å². The predicted molar refractivity (Wildman–Crippen MR) is 40.8 cm³/mol. The van der Waals surface area contributed by atoms with E-state index in [-0.39, 0.29) is 11.4 Å². The molecule has 0 heterocycles. The summed E-state index contributed by atoms with van der Waals surface area (Å²) < 4.78 is 40.3. The van der Waals surface area contributed by atoms with Crippen molar-refractivity contribution in [2.24, 2.45) is 5.84 Å². The summed E-state index contributed by atoms with van der Waals surface area (Å²) in [4.78, 5) is 0. The zero-order chi connectivity index (χ0) is 9.84. The van der Waals surface area contributed by atoms with Gasteiger partial charge in [0, 0.05) is 0 Å². The van der Waals surface area contributed by atoms with Gasteiger partial charge in [-0.3, -0.25) is 5.84 Å². The summed E-state index contributed by atoms with van der Waals surface area (Å²) in [5.74, 6) is 3.84. The molecule has 0 amide bonds. The molecule has 3 N–H and O–H groups in total. The Labute approximate surface area is 72.3 Å². The lowest BCUT2D eigenvalue weighted by Gasteiger charge is -2.09. The van der Waals surface area contributed by atoms with Crippen molar-refractivity contribution in [3.8, 4) is 5.75 Å². The molecule has 0 saturated carbocycles. The van der Waals surface area contributed by atoms with Crippen LogP contribution in [0.3, 0.4) is 0 Å². The number of halogens is 3. The van der Waals surface area contributed by atoms with E-state index in [1.54, 1.807) is 0 Å². The van der Waals surface area contributed by atoms with Gasteiger partial charge in [0.25, 0.3) is 0 Å². The first-order chi connectivity index (χ1) is 6.15. The molecule has 72 valence electrons. The van der Waals surface area contributed by atoms with Crippen LogP contribution in [0.5, 0.6) is 5.75 Å². The molecule has 0 aromatic heterocycles. The molecule has 1 aromatic rings. The molecule has 6 heteroatoms. The van der Waals surface area contributed by atoms with Crippen molar-refractivity contribution in [3.05, 3.63) is 24.0 Å². The molecule has 0 radical (unpaired) electrons. The van der Waals surface area contributed by atoms with Gasteiger partial charge in [0.05, 0.1) is 0 Å². The molecule has 0 atom stereocenters. The van der Waals surface area contributed by atoms with Gasteiger partial charge in [-0.2, -0.15) is 8.78 Å². The minimum atomic E-state index is -3.01. The Morgan fingerprint density at radius 2 is 2.08 bits per heavy atom. The summed E-state index contributed by atoms with van der Waals surface area (Å²) >= 11 is 0. The number of hydrazine groups is 1. The van der Waals surface area contributed by atoms with E-state index >= 15 is 0 Å². The maximum absolute atomic E-state index is 12.8. The van der Waals surface area contributed by atoms with Crippen LogP contribution in [0.25, 0.3) is 0 Å². The van der Waals surface area contributed by atoms with E-state index in [0.717, 1.165) is 6.07 Å². The SMILES string of the molecule is NNc1c(F)cccc1OC(F)F. The van der Waals surface area contributed by atoms with Crippen molar-refractivity contribution >= 4 is 5.69 Å². The van der Waals surface area contributed by atoms with Crippen molar-refractivity contribution in [1.29, 1.82) is 0 Å². The van der Waals surface area contributed by atoms with Crippen LogP contribution in [-0.4, -0.2) is 6.61 Å². The zero-order valence-electron chi connectivity index (χ0n) is 6.43. The average Bonchev–Trinajstić information content (AvgIpc) is 2.03. The van der Waals surface area contributed by atoms with Crippen LogP contribution in [0.1, 0.15) is 0 Å². The Kier molecular flexibility index (Phi) is 2.97. The molecule has 13 heavy (non-hydrogen) atoms. The first-order valence-corrected chi connectivity index (χ1v) is 3.35. The van der Waals surface area contributed by atoms with E-state index in [0.29, 0.717) is 0 Å². The number of benzene rings is 1. The molecular weight excluding hydrogens is 185 g/mol. The quantitative estimate of drug-likeness (QED) is 0.566. The zero-order valence-corrected chi connectivity index (χ0v) is 6.43. The largest absolute Gasteiger partial charge is 0.432 e. The summed E-state index contributed by atoms with van der Waals surface area (Å²) in [6, 6.07) is 3.51. The minimum Gasteiger partial charge on any atom is -0.432 e. The van der Waals surface area contributed by atoms with Gasteiger partial charge in [-0.25, -0.2) is 4.39 Å². The van der Waals surface area contributed by atoms with Crippen LogP contribution in [0.4, 0.5) is 18.9 Å². The summed E-state index contributed by atoms with van der Waals surface area (Å²) in [5.41, 5.74) is 1.65. The molecule has 3 nitrogen and oxygen atoms in total. The number of nitrogen functional groups attached to an aromatic ring is 1. The molecule has 0 saturated heterocycles. The number of ether oxygens (including phenoxy) is 1. The summed E-state index contributed by atoms with van der Waals surface area (Å²) in [7, 11) is 0. The third kappa shape index (κ3) is 2.25. The normalized spacial score (nSPS) is 10.2. The smallest absolute Gasteiger partial charge is 0.387 e.